The lowest BCUT2D eigenvalue weighted by Crippen LogP contribution is -2.15. The number of ether oxygens (including phenoxy) is 1. The lowest BCUT2D eigenvalue weighted by Gasteiger charge is -2.07. The van der Waals surface area contributed by atoms with Crippen LogP contribution in [-0.4, -0.2) is 14.9 Å². The van der Waals surface area contributed by atoms with E-state index in [0.717, 1.165) is 5.75 Å². The molecule has 3 aromatic carbocycles. The van der Waals surface area contributed by atoms with E-state index in [4.69, 9.17) is 22.2 Å². The number of fused-ring (bicyclic) bond motifs is 1. The number of halogens is 1. The number of nitrogens with two attached hydrogens (primary N) is 1. The van der Waals surface area contributed by atoms with Crippen molar-refractivity contribution in [2.24, 2.45) is 0 Å². The highest BCUT2D eigenvalue weighted by molar-refractivity contribution is 7.98. The molecule has 5 nitrogen and oxygen atoms in total. The fraction of sp³-hybridized carbons (Fsp3) is 0.100. The van der Waals surface area contributed by atoms with E-state index in [-0.39, 0.29) is 6.61 Å². The molecule has 0 fully saturated rings. The van der Waals surface area contributed by atoms with Crippen molar-refractivity contribution >= 4 is 34.1 Å². The van der Waals surface area contributed by atoms with E-state index >= 15 is 0 Å². The molecule has 0 unspecified atom stereocenters. The second kappa shape index (κ2) is 7.90. The highest BCUT2D eigenvalue weighted by Crippen LogP contribution is 2.26. The quantitative estimate of drug-likeness (QED) is 0.379. The summed E-state index contributed by atoms with van der Waals surface area (Å²) in [6.07, 6.45) is 0. The zero-order valence-corrected chi connectivity index (χ0v) is 16.0. The van der Waals surface area contributed by atoms with Crippen LogP contribution in [0.1, 0.15) is 11.4 Å². The number of hydrogen-bond donors (Lipinski definition) is 1. The minimum atomic E-state index is 0.236. The summed E-state index contributed by atoms with van der Waals surface area (Å²) in [6, 6.07) is 21.8. The zero-order chi connectivity index (χ0) is 18.6. The molecule has 2 N–H and O–H groups in total. The number of nitrogen functional groups attached to an aromatic ring is 1. The van der Waals surface area contributed by atoms with Gasteiger partial charge in [-0.25, -0.2) is 4.68 Å². The average Bonchev–Trinajstić information content (AvgIpc) is 3.05. The topological polar surface area (TPSA) is 66.0 Å². The number of rotatable bonds is 6. The van der Waals surface area contributed by atoms with Gasteiger partial charge in [0.15, 0.2) is 5.82 Å². The Bertz CT molecular complexity index is 1060. The molecule has 0 aliphatic rings. The van der Waals surface area contributed by atoms with E-state index in [1.54, 1.807) is 36.0 Å². The van der Waals surface area contributed by atoms with Gasteiger partial charge in [0.05, 0.1) is 0 Å². The summed E-state index contributed by atoms with van der Waals surface area (Å²) in [4.78, 5) is 0. The van der Waals surface area contributed by atoms with Crippen molar-refractivity contribution in [2.45, 2.75) is 17.5 Å². The largest absolute Gasteiger partial charge is 0.486 e. The van der Waals surface area contributed by atoms with Gasteiger partial charge in [-0.3, -0.25) is 0 Å². The molecule has 0 radical (unpaired) electrons. The Kier molecular flexibility index (Phi) is 5.18. The van der Waals surface area contributed by atoms with Gasteiger partial charge in [0.2, 0.25) is 5.16 Å². The Morgan fingerprint density at radius 1 is 0.963 bits per heavy atom. The van der Waals surface area contributed by atoms with Gasteiger partial charge in [0, 0.05) is 10.8 Å². The van der Waals surface area contributed by atoms with Crippen LogP contribution in [-0.2, 0) is 12.4 Å². The molecule has 136 valence electrons. The molecule has 7 heteroatoms. The smallest absolute Gasteiger partial charge is 0.210 e. The van der Waals surface area contributed by atoms with E-state index in [1.165, 1.54) is 21.0 Å². The predicted octanol–water partition coefficient (Wildman–Crippen LogP) is 4.67. The number of benzene rings is 3. The van der Waals surface area contributed by atoms with Crippen molar-refractivity contribution in [2.75, 3.05) is 5.84 Å². The van der Waals surface area contributed by atoms with Crippen LogP contribution in [0.25, 0.3) is 10.8 Å². The first-order valence-corrected chi connectivity index (χ1v) is 9.74. The van der Waals surface area contributed by atoms with Crippen molar-refractivity contribution in [1.82, 2.24) is 14.9 Å². The molecule has 1 aromatic heterocycles. The first-order valence-electron chi connectivity index (χ1n) is 8.38. The molecule has 4 aromatic rings. The van der Waals surface area contributed by atoms with Gasteiger partial charge in [-0.05, 0) is 40.6 Å². The van der Waals surface area contributed by atoms with Gasteiger partial charge < -0.3 is 10.6 Å². The van der Waals surface area contributed by atoms with E-state index < -0.39 is 0 Å². The summed E-state index contributed by atoms with van der Waals surface area (Å²) in [5, 5.41) is 12.1. The lowest BCUT2D eigenvalue weighted by molar-refractivity contribution is 0.291. The Morgan fingerprint density at radius 3 is 2.59 bits per heavy atom. The van der Waals surface area contributed by atoms with E-state index in [9.17, 15) is 0 Å². The van der Waals surface area contributed by atoms with Crippen LogP contribution in [0.4, 0.5) is 0 Å². The molecule has 4 rings (SSSR count). The van der Waals surface area contributed by atoms with Crippen LogP contribution < -0.4 is 10.6 Å². The number of nitrogens with zero attached hydrogens (tertiary/aromatic N) is 3. The molecule has 0 bridgehead atoms. The van der Waals surface area contributed by atoms with Gasteiger partial charge >= 0.3 is 0 Å². The van der Waals surface area contributed by atoms with Crippen LogP contribution in [0.15, 0.2) is 71.9 Å². The van der Waals surface area contributed by atoms with Crippen molar-refractivity contribution in [3.63, 3.8) is 0 Å². The zero-order valence-electron chi connectivity index (χ0n) is 14.4. The number of hydrogen-bond acceptors (Lipinski definition) is 5. The third-order valence-electron chi connectivity index (χ3n) is 4.15. The van der Waals surface area contributed by atoms with Gasteiger partial charge in [-0.1, -0.05) is 65.8 Å². The lowest BCUT2D eigenvalue weighted by atomic mass is 10.1. The maximum atomic E-state index is 6.14. The molecule has 1 heterocycles. The molecular formula is C20H17ClN4OS. The molecule has 0 saturated carbocycles. The summed E-state index contributed by atoms with van der Waals surface area (Å²) in [5.74, 6) is 8.16. The number of thioether (sulfide) groups is 1. The van der Waals surface area contributed by atoms with Crippen LogP contribution in [0.3, 0.4) is 0 Å². The van der Waals surface area contributed by atoms with Crippen LogP contribution >= 0.6 is 23.4 Å². The first kappa shape index (κ1) is 17.7. The monoisotopic (exact) mass is 396 g/mol. The van der Waals surface area contributed by atoms with E-state index in [0.29, 0.717) is 21.8 Å². The minimum Gasteiger partial charge on any atom is -0.486 e. The summed E-state index contributed by atoms with van der Waals surface area (Å²) in [5.41, 5.74) is 1.24. The van der Waals surface area contributed by atoms with Crippen LogP contribution in [0.5, 0.6) is 5.75 Å². The van der Waals surface area contributed by atoms with Crippen molar-refractivity contribution in [3.8, 4) is 5.75 Å². The highest BCUT2D eigenvalue weighted by Gasteiger charge is 2.12. The molecule has 0 spiro atoms. The SMILES string of the molecule is Nn1c(COc2ccc(Cl)cc2)nnc1SCc1cccc2ccccc12. The van der Waals surface area contributed by atoms with Crippen LogP contribution in [0, 0.1) is 0 Å². The molecule has 0 amide bonds. The summed E-state index contributed by atoms with van der Waals surface area (Å²) in [6.45, 7) is 0.236. The van der Waals surface area contributed by atoms with Crippen molar-refractivity contribution in [3.05, 3.63) is 83.1 Å². The van der Waals surface area contributed by atoms with Crippen molar-refractivity contribution < 1.29 is 4.74 Å². The van der Waals surface area contributed by atoms with Gasteiger partial charge in [-0.2, -0.15) is 0 Å². The molecule has 0 atom stereocenters. The van der Waals surface area contributed by atoms with E-state index in [2.05, 4.69) is 40.5 Å². The minimum absolute atomic E-state index is 0.236. The Labute approximate surface area is 166 Å². The first-order chi connectivity index (χ1) is 13.2. The number of aromatic nitrogens is 3. The molecule has 0 aliphatic heterocycles. The Hall–Kier alpha value is -2.70. The molecule has 0 saturated heterocycles. The van der Waals surface area contributed by atoms with Crippen molar-refractivity contribution in [1.29, 1.82) is 0 Å². The second-order valence-corrected chi connectivity index (χ2v) is 7.32. The summed E-state index contributed by atoms with van der Waals surface area (Å²) < 4.78 is 7.17. The maximum absolute atomic E-state index is 6.14. The Morgan fingerprint density at radius 2 is 1.74 bits per heavy atom. The Balaban J connectivity index is 1.43. The highest BCUT2D eigenvalue weighted by atomic mass is 35.5. The average molecular weight is 397 g/mol. The predicted molar refractivity (Wildman–Crippen MR) is 109 cm³/mol. The van der Waals surface area contributed by atoms with Gasteiger partial charge in [0.25, 0.3) is 0 Å². The molecular weight excluding hydrogens is 380 g/mol. The fourth-order valence-corrected chi connectivity index (χ4v) is 3.75. The van der Waals surface area contributed by atoms with E-state index in [1.807, 2.05) is 12.1 Å². The van der Waals surface area contributed by atoms with Gasteiger partial charge in [-0.15, -0.1) is 10.2 Å². The summed E-state index contributed by atoms with van der Waals surface area (Å²) in [7, 11) is 0. The normalized spacial score (nSPS) is 11.0. The third kappa shape index (κ3) is 4.02. The summed E-state index contributed by atoms with van der Waals surface area (Å²) >= 11 is 7.43. The van der Waals surface area contributed by atoms with Gasteiger partial charge in [0.1, 0.15) is 12.4 Å². The molecule has 0 aliphatic carbocycles. The third-order valence-corrected chi connectivity index (χ3v) is 5.40. The standard InChI is InChI=1S/C20H17ClN4OS/c21-16-8-10-17(11-9-16)26-12-19-23-24-20(25(19)22)27-13-15-6-3-5-14-4-1-2-7-18(14)15/h1-11H,12-13,22H2. The second-order valence-electron chi connectivity index (χ2n) is 5.94. The maximum Gasteiger partial charge on any atom is 0.210 e. The fourth-order valence-electron chi connectivity index (χ4n) is 2.74. The van der Waals surface area contributed by atoms with Crippen LogP contribution in [0.2, 0.25) is 5.02 Å². The molecule has 27 heavy (non-hydrogen) atoms.